The van der Waals surface area contributed by atoms with E-state index < -0.39 is 0 Å². The quantitative estimate of drug-likeness (QED) is 0.784. The molecule has 0 bridgehead atoms. The molecule has 1 atom stereocenters. The Morgan fingerprint density at radius 1 is 1.11 bits per heavy atom. The molecule has 0 aromatic heterocycles. The van der Waals surface area contributed by atoms with E-state index in [0.29, 0.717) is 6.04 Å². The molecule has 0 amide bonds. The molecule has 0 saturated heterocycles. The van der Waals surface area contributed by atoms with Crippen molar-refractivity contribution in [1.29, 1.82) is 0 Å². The zero-order valence-electron chi connectivity index (χ0n) is 11.7. The maximum Gasteiger partial charge on any atom is 0.0318 e. The second-order valence-corrected chi connectivity index (χ2v) is 5.41. The summed E-state index contributed by atoms with van der Waals surface area (Å²) in [5.41, 5.74) is 1.38. The standard InChI is InChI=1S/C15H25BrN2/c1-4-15(13-7-9-14(16)10-8-13)17-11-12-18(5-2)6-3/h7-10,15,17H,4-6,11-12H2,1-3H3. The Balaban J connectivity index is 2.44. The monoisotopic (exact) mass is 312 g/mol. The topological polar surface area (TPSA) is 15.3 Å². The van der Waals surface area contributed by atoms with Crippen LogP contribution in [0, 0.1) is 0 Å². The molecule has 0 spiro atoms. The van der Waals surface area contributed by atoms with Gasteiger partial charge in [0.15, 0.2) is 0 Å². The van der Waals surface area contributed by atoms with Gasteiger partial charge in [-0.05, 0) is 37.2 Å². The van der Waals surface area contributed by atoms with E-state index in [4.69, 9.17) is 0 Å². The summed E-state index contributed by atoms with van der Waals surface area (Å²) in [4.78, 5) is 2.45. The van der Waals surface area contributed by atoms with E-state index >= 15 is 0 Å². The van der Waals surface area contributed by atoms with E-state index in [0.717, 1.165) is 37.1 Å². The Morgan fingerprint density at radius 2 is 1.72 bits per heavy atom. The van der Waals surface area contributed by atoms with Crippen LogP contribution in [0.25, 0.3) is 0 Å². The number of hydrogen-bond donors (Lipinski definition) is 1. The third-order valence-electron chi connectivity index (χ3n) is 3.39. The van der Waals surface area contributed by atoms with Gasteiger partial charge in [-0.1, -0.05) is 48.8 Å². The van der Waals surface area contributed by atoms with Crippen LogP contribution in [0.15, 0.2) is 28.7 Å². The number of likely N-dealkylation sites (N-methyl/N-ethyl adjacent to an activating group) is 1. The first kappa shape index (κ1) is 15.7. The molecule has 1 rings (SSSR count). The second kappa shape index (κ2) is 8.68. The van der Waals surface area contributed by atoms with Crippen LogP contribution in [-0.4, -0.2) is 31.1 Å². The summed E-state index contributed by atoms with van der Waals surface area (Å²) in [6.45, 7) is 11.1. The van der Waals surface area contributed by atoms with Crippen molar-refractivity contribution >= 4 is 15.9 Å². The predicted molar refractivity (Wildman–Crippen MR) is 83.0 cm³/mol. The van der Waals surface area contributed by atoms with Crippen LogP contribution in [0.2, 0.25) is 0 Å². The number of rotatable bonds is 8. The van der Waals surface area contributed by atoms with Crippen LogP contribution in [0.1, 0.15) is 38.8 Å². The van der Waals surface area contributed by atoms with Gasteiger partial charge in [0, 0.05) is 23.6 Å². The number of benzene rings is 1. The molecule has 1 unspecified atom stereocenters. The minimum Gasteiger partial charge on any atom is -0.309 e. The van der Waals surface area contributed by atoms with Gasteiger partial charge in [-0.15, -0.1) is 0 Å². The first-order chi connectivity index (χ1) is 8.71. The van der Waals surface area contributed by atoms with E-state index in [-0.39, 0.29) is 0 Å². The molecule has 2 nitrogen and oxygen atoms in total. The third-order valence-corrected chi connectivity index (χ3v) is 3.92. The molecule has 0 radical (unpaired) electrons. The molecule has 0 saturated carbocycles. The minimum atomic E-state index is 0.466. The van der Waals surface area contributed by atoms with E-state index in [1.165, 1.54) is 5.56 Å². The summed E-state index contributed by atoms with van der Waals surface area (Å²) in [7, 11) is 0. The van der Waals surface area contributed by atoms with Crippen molar-refractivity contribution in [3.05, 3.63) is 34.3 Å². The highest BCUT2D eigenvalue weighted by Gasteiger charge is 2.08. The Hall–Kier alpha value is -0.380. The highest BCUT2D eigenvalue weighted by Crippen LogP contribution is 2.19. The van der Waals surface area contributed by atoms with Crippen LogP contribution < -0.4 is 5.32 Å². The lowest BCUT2D eigenvalue weighted by molar-refractivity contribution is 0.295. The highest BCUT2D eigenvalue weighted by atomic mass is 79.9. The van der Waals surface area contributed by atoms with Gasteiger partial charge in [0.1, 0.15) is 0 Å². The number of nitrogens with one attached hydrogen (secondary N) is 1. The summed E-state index contributed by atoms with van der Waals surface area (Å²) in [6.07, 6.45) is 1.12. The first-order valence-electron chi connectivity index (χ1n) is 6.92. The molecule has 0 heterocycles. The van der Waals surface area contributed by atoms with Crippen molar-refractivity contribution in [1.82, 2.24) is 10.2 Å². The summed E-state index contributed by atoms with van der Waals surface area (Å²) in [5.74, 6) is 0. The SMILES string of the molecule is CCC(NCCN(CC)CC)c1ccc(Br)cc1. The summed E-state index contributed by atoms with van der Waals surface area (Å²) >= 11 is 3.48. The Bertz CT molecular complexity index is 320. The lowest BCUT2D eigenvalue weighted by Gasteiger charge is -2.22. The van der Waals surface area contributed by atoms with Crippen LogP contribution >= 0.6 is 15.9 Å². The van der Waals surface area contributed by atoms with Gasteiger partial charge >= 0.3 is 0 Å². The Labute approximate surface area is 120 Å². The fraction of sp³-hybridized carbons (Fsp3) is 0.600. The first-order valence-corrected chi connectivity index (χ1v) is 7.71. The number of halogens is 1. The van der Waals surface area contributed by atoms with Gasteiger partial charge < -0.3 is 10.2 Å². The largest absolute Gasteiger partial charge is 0.309 e. The van der Waals surface area contributed by atoms with Crippen LogP contribution in [0.5, 0.6) is 0 Å². The fourth-order valence-corrected chi connectivity index (χ4v) is 2.39. The summed E-state index contributed by atoms with van der Waals surface area (Å²) < 4.78 is 1.14. The molecular weight excluding hydrogens is 288 g/mol. The average Bonchev–Trinajstić information content (AvgIpc) is 2.41. The van der Waals surface area contributed by atoms with Crippen LogP contribution in [0.4, 0.5) is 0 Å². The van der Waals surface area contributed by atoms with Crippen molar-refractivity contribution in [3.8, 4) is 0 Å². The summed E-state index contributed by atoms with van der Waals surface area (Å²) in [5, 5.41) is 3.65. The predicted octanol–water partition coefficient (Wildman–Crippen LogP) is 3.83. The van der Waals surface area contributed by atoms with Crippen molar-refractivity contribution in [2.75, 3.05) is 26.2 Å². The second-order valence-electron chi connectivity index (χ2n) is 4.49. The molecule has 3 heteroatoms. The normalized spacial score (nSPS) is 12.9. The van der Waals surface area contributed by atoms with E-state index in [2.05, 4.69) is 71.2 Å². The molecule has 1 aromatic carbocycles. The van der Waals surface area contributed by atoms with E-state index in [1.807, 2.05) is 0 Å². The summed E-state index contributed by atoms with van der Waals surface area (Å²) in [6, 6.07) is 9.09. The van der Waals surface area contributed by atoms with Crippen molar-refractivity contribution < 1.29 is 0 Å². The molecule has 0 fully saturated rings. The van der Waals surface area contributed by atoms with E-state index in [9.17, 15) is 0 Å². The zero-order valence-corrected chi connectivity index (χ0v) is 13.3. The maximum atomic E-state index is 3.65. The van der Waals surface area contributed by atoms with Gasteiger partial charge in [0.05, 0.1) is 0 Å². The van der Waals surface area contributed by atoms with Crippen LogP contribution in [-0.2, 0) is 0 Å². The Kier molecular flexibility index (Phi) is 7.56. The minimum absolute atomic E-state index is 0.466. The third kappa shape index (κ3) is 5.09. The molecular formula is C15H25BrN2. The number of nitrogens with zero attached hydrogens (tertiary/aromatic N) is 1. The molecule has 0 aliphatic rings. The molecule has 1 N–H and O–H groups in total. The Morgan fingerprint density at radius 3 is 2.22 bits per heavy atom. The van der Waals surface area contributed by atoms with Gasteiger partial charge in [0.25, 0.3) is 0 Å². The average molecular weight is 313 g/mol. The molecule has 0 aliphatic carbocycles. The molecule has 1 aromatic rings. The smallest absolute Gasteiger partial charge is 0.0318 e. The van der Waals surface area contributed by atoms with Crippen molar-refractivity contribution in [2.45, 2.75) is 33.2 Å². The van der Waals surface area contributed by atoms with E-state index in [1.54, 1.807) is 0 Å². The van der Waals surface area contributed by atoms with Crippen LogP contribution in [0.3, 0.4) is 0 Å². The maximum absolute atomic E-state index is 3.65. The van der Waals surface area contributed by atoms with Gasteiger partial charge in [-0.2, -0.15) is 0 Å². The highest BCUT2D eigenvalue weighted by molar-refractivity contribution is 9.10. The van der Waals surface area contributed by atoms with Crippen molar-refractivity contribution in [2.24, 2.45) is 0 Å². The molecule has 18 heavy (non-hydrogen) atoms. The molecule has 0 aliphatic heterocycles. The van der Waals surface area contributed by atoms with Gasteiger partial charge in [-0.3, -0.25) is 0 Å². The zero-order chi connectivity index (χ0) is 13.4. The lowest BCUT2D eigenvalue weighted by Crippen LogP contribution is -2.33. The fourth-order valence-electron chi connectivity index (χ4n) is 2.13. The van der Waals surface area contributed by atoms with Crippen molar-refractivity contribution in [3.63, 3.8) is 0 Å². The lowest BCUT2D eigenvalue weighted by atomic mass is 10.0. The number of hydrogen-bond acceptors (Lipinski definition) is 2. The molecule has 102 valence electrons. The van der Waals surface area contributed by atoms with Gasteiger partial charge in [0.2, 0.25) is 0 Å². The van der Waals surface area contributed by atoms with Gasteiger partial charge in [-0.25, -0.2) is 0 Å².